The van der Waals surface area contributed by atoms with Crippen LogP contribution in [0.5, 0.6) is 0 Å². The fourth-order valence-electron chi connectivity index (χ4n) is 4.15. The molecule has 1 unspecified atom stereocenters. The van der Waals surface area contributed by atoms with E-state index in [0.29, 0.717) is 67.0 Å². The standard InChI is InChI=1S/C26H26FN5O2/c27-19-6-3-4-17(14-19)12-13-29-25-22(26(34)30-16-20-8-11-24(33)31-20)9-10-23(32-25)21-7-2-1-5-18(21)15-28/h1-7,9-10,17,20H,8,11-14,16H2,(H,29,32)(H,30,34)(H,31,33)/t17?,20-/m1/s1. The van der Waals surface area contributed by atoms with Gasteiger partial charge in [-0.1, -0.05) is 30.4 Å². The zero-order chi connectivity index (χ0) is 23.9. The van der Waals surface area contributed by atoms with Gasteiger partial charge >= 0.3 is 0 Å². The maximum Gasteiger partial charge on any atom is 0.255 e. The molecular weight excluding hydrogens is 433 g/mol. The number of hydrogen-bond acceptors (Lipinski definition) is 5. The van der Waals surface area contributed by atoms with Gasteiger partial charge in [0.15, 0.2) is 0 Å². The Labute approximate surface area is 197 Å². The number of nitrogens with zero attached hydrogens (tertiary/aromatic N) is 2. The molecule has 3 N–H and O–H groups in total. The number of nitrogens with one attached hydrogen (secondary N) is 3. The average molecular weight is 460 g/mol. The van der Waals surface area contributed by atoms with Gasteiger partial charge in [-0.05, 0) is 43.0 Å². The second-order valence-corrected chi connectivity index (χ2v) is 8.44. The van der Waals surface area contributed by atoms with Crippen LogP contribution < -0.4 is 16.0 Å². The van der Waals surface area contributed by atoms with E-state index in [4.69, 9.17) is 0 Å². The van der Waals surface area contributed by atoms with E-state index >= 15 is 0 Å². The Morgan fingerprint density at radius 2 is 2.12 bits per heavy atom. The highest BCUT2D eigenvalue weighted by molar-refractivity contribution is 5.99. The van der Waals surface area contributed by atoms with E-state index in [-0.39, 0.29) is 29.6 Å². The number of anilines is 1. The van der Waals surface area contributed by atoms with Crippen molar-refractivity contribution in [2.45, 2.75) is 31.7 Å². The molecule has 2 aliphatic rings. The molecule has 1 aliphatic carbocycles. The molecule has 0 saturated carbocycles. The van der Waals surface area contributed by atoms with Crippen LogP contribution in [0, 0.1) is 17.2 Å². The van der Waals surface area contributed by atoms with Crippen molar-refractivity contribution < 1.29 is 14.0 Å². The number of carbonyl (C=O) groups excluding carboxylic acids is 2. The molecule has 2 aromatic rings. The largest absolute Gasteiger partial charge is 0.369 e. The number of pyridine rings is 1. The van der Waals surface area contributed by atoms with Crippen molar-refractivity contribution in [2.24, 2.45) is 5.92 Å². The van der Waals surface area contributed by atoms with Gasteiger partial charge in [0.2, 0.25) is 5.91 Å². The molecule has 0 radical (unpaired) electrons. The van der Waals surface area contributed by atoms with E-state index in [1.54, 1.807) is 30.3 Å². The van der Waals surface area contributed by atoms with Crippen LogP contribution in [0.2, 0.25) is 0 Å². The maximum atomic E-state index is 13.6. The van der Waals surface area contributed by atoms with E-state index in [1.807, 2.05) is 18.2 Å². The lowest BCUT2D eigenvalue weighted by atomic mass is 9.96. The Morgan fingerprint density at radius 1 is 1.26 bits per heavy atom. The lowest BCUT2D eigenvalue weighted by Crippen LogP contribution is -2.38. The van der Waals surface area contributed by atoms with Gasteiger partial charge in [-0.25, -0.2) is 9.37 Å². The second-order valence-electron chi connectivity index (χ2n) is 8.44. The van der Waals surface area contributed by atoms with Crippen LogP contribution in [-0.4, -0.2) is 35.9 Å². The van der Waals surface area contributed by atoms with Crippen molar-refractivity contribution in [3.05, 3.63) is 71.6 Å². The highest BCUT2D eigenvalue weighted by atomic mass is 19.1. The molecule has 2 amide bonds. The first kappa shape index (κ1) is 23.2. The minimum atomic E-state index is -0.303. The number of rotatable bonds is 8. The number of hydrogen-bond donors (Lipinski definition) is 3. The van der Waals surface area contributed by atoms with E-state index in [2.05, 4.69) is 27.0 Å². The third-order valence-electron chi connectivity index (χ3n) is 5.98. The minimum Gasteiger partial charge on any atom is -0.369 e. The summed E-state index contributed by atoms with van der Waals surface area (Å²) >= 11 is 0. The highest BCUT2D eigenvalue weighted by Gasteiger charge is 2.22. The van der Waals surface area contributed by atoms with Gasteiger partial charge in [0.25, 0.3) is 5.91 Å². The third kappa shape index (κ3) is 5.67. The molecule has 2 atom stereocenters. The summed E-state index contributed by atoms with van der Waals surface area (Å²) < 4.78 is 13.6. The molecule has 7 nitrogen and oxygen atoms in total. The van der Waals surface area contributed by atoms with Crippen LogP contribution in [0.15, 0.2) is 60.5 Å². The van der Waals surface area contributed by atoms with Crippen molar-refractivity contribution in [2.75, 3.05) is 18.4 Å². The van der Waals surface area contributed by atoms with Crippen LogP contribution >= 0.6 is 0 Å². The Balaban J connectivity index is 1.52. The van der Waals surface area contributed by atoms with Gasteiger partial charge in [-0.15, -0.1) is 0 Å². The zero-order valence-corrected chi connectivity index (χ0v) is 18.7. The van der Waals surface area contributed by atoms with Gasteiger partial charge in [-0.3, -0.25) is 9.59 Å². The maximum absolute atomic E-state index is 13.6. The molecule has 1 aromatic carbocycles. The Morgan fingerprint density at radius 3 is 2.88 bits per heavy atom. The molecule has 2 heterocycles. The van der Waals surface area contributed by atoms with Gasteiger partial charge in [0.1, 0.15) is 11.6 Å². The molecule has 174 valence electrons. The van der Waals surface area contributed by atoms with Gasteiger partial charge in [0.05, 0.1) is 22.9 Å². The van der Waals surface area contributed by atoms with E-state index in [1.165, 1.54) is 6.08 Å². The second kappa shape index (κ2) is 10.8. The van der Waals surface area contributed by atoms with Gasteiger partial charge in [-0.2, -0.15) is 5.26 Å². The Bertz CT molecular complexity index is 1180. The van der Waals surface area contributed by atoms with Crippen molar-refractivity contribution >= 4 is 17.6 Å². The fraction of sp³-hybridized carbons (Fsp3) is 0.308. The monoisotopic (exact) mass is 459 g/mol. The number of amides is 2. The van der Waals surface area contributed by atoms with Crippen molar-refractivity contribution in [1.82, 2.24) is 15.6 Å². The average Bonchev–Trinajstić information content (AvgIpc) is 3.27. The van der Waals surface area contributed by atoms with Crippen LogP contribution in [0.4, 0.5) is 10.2 Å². The summed E-state index contributed by atoms with van der Waals surface area (Å²) in [6.45, 7) is 0.832. The van der Waals surface area contributed by atoms with Crippen molar-refractivity contribution in [3.63, 3.8) is 0 Å². The first-order valence-electron chi connectivity index (χ1n) is 11.4. The SMILES string of the molecule is N#Cc1ccccc1-c1ccc(C(=O)NC[C@H]2CCC(=O)N2)c(NCCC2C=CC=C(F)C2)n1. The molecule has 1 aromatic heterocycles. The summed E-state index contributed by atoms with van der Waals surface area (Å²) in [6.07, 6.45) is 7.36. The van der Waals surface area contributed by atoms with Gasteiger partial charge in [0, 0.05) is 37.5 Å². The van der Waals surface area contributed by atoms with Crippen molar-refractivity contribution in [3.8, 4) is 17.3 Å². The number of halogens is 1. The lowest BCUT2D eigenvalue weighted by Gasteiger charge is -2.17. The smallest absolute Gasteiger partial charge is 0.255 e. The topological polar surface area (TPSA) is 107 Å². The number of nitriles is 1. The summed E-state index contributed by atoms with van der Waals surface area (Å²) in [5.41, 5.74) is 2.11. The molecule has 0 spiro atoms. The summed E-state index contributed by atoms with van der Waals surface area (Å²) in [7, 11) is 0. The summed E-state index contributed by atoms with van der Waals surface area (Å²) in [5, 5.41) is 18.4. The number of aromatic nitrogens is 1. The Kier molecular flexibility index (Phi) is 7.33. The molecule has 4 rings (SSSR count). The quantitative estimate of drug-likeness (QED) is 0.556. The van der Waals surface area contributed by atoms with Crippen LogP contribution in [0.3, 0.4) is 0 Å². The first-order valence-corrected chi connectivity index (χ1v) is 11.4. The zero-order valence-electron chi connectivity index (χ0n) is 18.7. The number of allylic oxidation sites excluding steroid dienone is 4. The molecule has 8 heteroatoms. The first-order chi connectivity index (χ1) is 16.5. The molecule has 1 saturated heterocycles. The number of carbonyl (C=O) groups is 2. The molecule has 34 heavy (non-hydrogen) atoms. The van der Waals surface area contributed by atoms with Gasteiger partial charge < -0.3 is 16.0 Å². The fourth-order valence-corrected chi connectivity index (χ4v) is 4.15. The molecule has 1 aliphatic heterocycles. The predicted octanol–water partition coefficient (Wildman–Crippen LogP) is 3.86. The molecule has 1 fully saturated rings. The normalized spacial score (nSPS) is 19.2. The summed E-state index contributed by atoms with van der Waals surface area (Å²) in [6, 6.07) is 12.7. The van der Waals surface area contributed by atoms with E-state index in [0.717, 1.165) is 0 Å². The minimum absolute atomic E-state index is 0.00757. The lowest BCUT2D eigenvalue weighted by molar-refractivity contribution is -0.119. The van der Waals surface area contributed by atoms with E-state index in [9.17, 15) is 19.2 Å². The summed E-state index contributed by atoms with van der Waals surface area (Å²) in [5.74, 6) is 0.0201. The molecule has 0 bridgehead atoms. The number of benzene rings is 1. The van der Waals surface area contributed by atoms with Crippen molar-refractivity contribution in [1.29, 1.82) is 5.26 Å². The van der Waals surface area contributed by atoms with Crippen LogP contribution in [0.1, 0.15) is 41.6 Å². The third-order valence-corrected chi connectivity index (χ3v) is 5.98. The predicted molar refractivity (Wildman–Crippen MR) is 127 cm³/mol. The van der Waals surface area contributed by atoms with Crippen LogP contribution in [0.25, 0.3) is 11.3 Å². The van der Waals surface area contributed by atoms with Crippen LogP contribution in [-0.2, 0) is 4.79 Å². The Hall–Kier alpha value is -3.99. The summed E-state index contributed by atoms with van der Waals surface area (Å²) in [4.78, 5) is 29.0. The highest BCUT2D eigenvalue weighted by Crippen LogP contribution is 2.26. The van der Waals surface area contributed by atoms with E-state index < -0.39 is 0 Å². The molecular formula is C26H26FN5O2.